The molecule has 4 aliphatic rings. The Morgan fingerprint density at radius 1 is 1.27 bits per heavy atom. The van der Waals surface area contributed by atoms with E-state index >= 15 is 0 Å². The van der Waals surface area contributed by atoms with Crippen molar-refractivity contribution >= 4 is 11.7 Å². The first-order chi connectivity index (χ1) is 14.3. The number of likely N-dealkylation sites (tertiary alicyclic amines) is 1. The molecule has 5 rings (SSSR count). The summed E-state index contributed by atoms with van der Waals surface area (Å²) in [5.41, 5.74) is 7.38. The second-order valence-electron chi connectivity index (χ2n) is 10.2. The summed E-state index contributed by atoms with van der Waals surface area (Å²) < 4.78 is 13.3. The van der Waals surface area contributed by atoms with Gasteiger partial charge in [-0.25, -0.2) is 0 Å². The number of nitrogens with zero attached hydrogens (tertiary/aromatic N) is 1. The molecule has 3 aliphatic carbocycles. The van der Waals surface area contributed by atoms with E-state index in [1.165, 1.54) is 24.9 Å². The number of ketones is 1. The summed E-state index contributed by atoms with van der Waals surface area (Å²) in [4.78, 5) is 25.0. The third-order valence-electron chi connectivity index (χ3n) is 8.77. The molecular weight excluding hydrogens is 380 g/mol. The van der Waals surface area contributed by atoms with Crippen molar-refractivity contribution in [1.29, 1.82) is 0 Å². The largest absolute Gasteiger partial charge is 0.496 e. The monoisotopic (exact) mass is 413 g/mol. The molecule has 4 atom stereocenters. The molecule has 1 amide bonds. The number of carbonyl (C=O) groups is 2. The number of carbonyl (C=O) groups excluding carboxylic acids is 2. The third-order valence-corrected chi connectivity index (χ3v) is 8.77. The first-order valence-electron chi connectivity index (χ1n) is 11.2. The van der Waals surface area contributed by atoms with Crippen LogP contribution in [-0.4, -0.2) is 62.2 Å². The Morgan fingerprint density at radius 3 is 2.67 bits per heavy atom. The van der Waals surface area contributed by atoms with Gasteiger partial charge in [-0.05, 0) is 30.9 Å². The van der Waals surface area contributed by atoms with Crippen LogP contribution in [0.3, 0.4) is 0 Å². The van der Waals surface area contributed by atoms with E-state index in [0.717, 1.165) is 41.8 Å². The molecule has 1 saturated heterocycles. The van der Waals surface area contributed by atoms with E-state index in [1.54, 1.807) is 13.2 Å². The second-order valence-corrected chi connectivity index (χ2v) is 10.2. The fraction of sp³-hybridized carbons (Fsp3) is 0.667. The number of amides is 1. The molecule has 1 unspecified atom stereocenters. The van der Waals surface area contributed by atoms with Crippen LogP contribution in [0.2, 0.25) is 0 Å². The number of quaternary nitrogens is 1. The molecule has 162 valence electrons. The summed E-state index contributed by atoms with van der Waals surface area (Å²) in [6.07, 6.45) is 6.13. The van der Waals surface area contributed by atoms with Gasteiger partial charge in [0.05, 0.1) is 32.8 Å². The summed E-state index contributed by atoms with van der Waals surface area (Å²) in [5.74, 6) is 1.14. The highest BCUT2D eigenvalue weighted by Gasteiger charge is 2.71. The van der Waals surface area contributed by atoms with Crippen molar-refractivity contribution in [3.05, 3.63) is 28.8 Å². The molecule has 2 saturated carbocycles. The molecule has 2 bridgehead atoms. The molecule has 30 heavy (non-hydrogen) atoms. The normalized spacial score (nSPS) is 37.3. The predicted molar refractivity (Wildman–Crippen MR) is 113 cm³/mol. The Bertz CT molecular complexity index is 926. The highest BCUT2D eigenvalue weighted by atomic mass is 16.5. The van der Waals surface area contributed by atoms with Crippen LogP contribution >= 0.6 is 0 Å². The molecular formula is C24H33N2O4+. The lowest BCUT2D eigenvalue weighted by molar-refractivity contribution is -0.950. The molecule has 2 N–H and O–H groups in total. The summed E-state index contributed by atoms with van der Waals surface area (Å²) in [7, 11) is 5.81. The van der Waals surface area contributed by atoms with Crippen LogP contribution in [0.15, 0.2) is 12.1 Å². The number of Topliss-reactive ketones (excluding diaryl/α,β-unsaturated/α-hetero) is 1. The minimum atomic E-state index is -0.497. The smallest absolute Gasteiger partial charge is 0.252 e. The zero-order valence-corrected chi connectivity index (χ0v) is 18.3. The fourth-order valence-electron chi connectivity index (χ4n) is 7.32. The van der Waals surface area contributed by atoms with Crippen LogP contribution in [-0.2, 0) is 21.4 Å². The molecule has 1 aromatic carbocycles. The van der Waals surface area contributed by atoms with E-state index in [-0.39, 0.29) is 5.78 Å². The van der Waals surface area contributed by atoms with Crippen LogP contribution in [0.5, 0.6) is 5.75 Å². The molecule has 6 nitrogen and oxygen atoms in total. The SMILES string of the molecule is COc1c(C(N)=O)ccc2c1[C@]13CC[N+](C)(CC4CC4)[C@H](C2)[C@]1(OC)CCC(=O)C3. The molecule has 0 spiro atoms. The number of hydrogen-bond acceptors (Lipinski definition) is 4. The number of nitrogens with two attached hydrogens (primary N) is 1. The van der Waals surface area contributed by atoms with Crippen molar-refractivity contribution < 1.29 is 23.5 Å². The number of fused-ring (bicyclic) bond motifs is 1. The minimum absolute atomic E-state index is 0.277. The van der Waals surface area contributed by atoms with Crippen molar-refractivity contribution in [3.8, 4) is 5.75 Å². The summed E-state index contributed by atoms with van der Waals surface area (Å²) in [5, 5.41) is 0. The molecule has 1 aromatic rings. The predicted octanol–water partition coefficient (Wildman–Crippen LogP) is 2.36. The van der Waals surface area contributed by atoms with Crippen molar-refractivity contribution in [2.45, 2.75) is 62.0 Å². The maximum absolute atomic E-state index is 12.9. The van der Waals surface area contributed by atoms with E-state index in [4.69, 9.17) is 15.2 Å². The lowest BCUT2D eigenvalue weighted by Crippen LogP contribution is -2.79. The number of benzene rings is 1. The van der Waals surface area contributed by atoms with Crippen molar-refractivity contribution in [2.75, 3.05) is 34.4 Å². The molecule has 3 fully saturated rings. The summed E-state index contributed by atoms with van der Waals surface area (Å²) in [6.45, 7) is 2.20. The topological polar surface area (TPSA) is 78.6 Å². The summed E-state index contributed by atoms with van der Waals surface area (Å²) >= 11 is 0. The van der Waals surface area contributed by atoms with Gasteiger partial charge in [-0.2, -0.15) is 0 Å². The van der Waals surface area contributed by atoms with E-state index < -0.39 is 16.9 Å². The van der Waals surface area contributed by atoms with Crippen LogP contribution in [0.1, 0.15) is 60.0 Å². The Balaban J connectivity index is 1.77. The van der Waals surface area contributed by atoms with Gasteiger partial charge < -0.3 is 19.7 Å². The van der Waals surface area contributed by atoms with E-state index in [2.05, 4.69) is 7.05 Å². The Kier molecular flexibility index (Phi) is 4.36. The van der Waals surface area contributed by atoms with Gasteiger partial charge >= 0.3 is 0 Å². The number of methoxy groups -OCH3 is 2. The van der Waals surface area contributed by atoms with Crippen LogP contribution in [0, 0.1) is 5.92 Å². The van der Waals surface area contributed by atoms with E-state index in [9.17, 15) is 9.59 Å². The van der Waals surface area contributed by atoms with Gasteiger partial charge in [0.25, 0.3) is 5.91 Å². The average molecular weight is 414 g/mol. The van der Waals surface area contributed by atoms with Crippen LogP contribution in [0.4, 0.5) is 0 Å². The molecule has 1 aliphatic heterocycles. The lowest BCUT2D eigenvalue weighted by atomic mass is 9.48. The molecule has 0 radical (unpaired) electrons. The van der Waals surface area contributed by atoms with Crippen molar-refractivity contribution in [2.24, 2.45) is 11.7 Å². The van der Waals surface area contributed by atoms with Crippen LogP contribution in [0.25, 0.3) is 0 Å². The molecule has 6 heteroatoms. The van der Waals surface area contributed by atoms with Crippen LogP contribution < -0.4 is 10.5 Å². The maximum Gasteiger partial charge on any atom is 0.252 e. The minimum Gasteiger partial charge on any atom is -0.496 e. The molecule has 1 heterocycles. The number of primary amides is 1. The van der Waals surface area contributed by atoms with Gasteiger partial charge in [0.2, 0.25) is 0 Å². The highest BCUT2D eigenvalue weighted by Crippen LogP contribution is 2.62. The zero-order chi connectivity index (χ0) is 21.3. The maximum atomic E-state index is 12.9. The second kappa shape index (κ2) is 6.54. The lowest BCUT2D eigenvalue weighted by Gasteiger charge is -2.66. The summed E-state index contributed by atoms with van der Waals surface area (Å²) in [6, 6.07) is 4.13. The van der Waals surface area contributed by atoms with E-state index in [1.807, 2.05) is 13.2 Å². The van der Waals surface area contributed by atoms with Crippen molar-refractivity contribution in [1.82, 2.24) is 0 Å². The first-order valence-corrected chi connectivity index (χ1v) is 11.2. The number of piperidine rings is 1. The van der Waals surface area contributed by atoms with Gasteiger partial charge in [0.15, 0.2) is 0 Å². The zero-order valence-electron chi connectivity index (χ0n) is 18.3. The van der Waals surface area contributed by atoms with Gasteiger partial charge in [0.1, 0.15) is 23.2 Å². The van der Waals surface area contributed by atoms with Crippen molar-refractivity contribution in [3.63, 3.8) is 0 Å². The van der Waals surface area contributed by atoms with E-state index in [0.29, 0.717) is 30.2 Å². The third kappa shape index (κ3) is 2.50. The number of rotatable bonds is 5. The number of likely N-dealkylation sites (N-methyl/N-ethyl adjacent to an activating group) is 1. The first kappa shape index (κ1) is 20.0. The Hall–Kier alpha value is -1.92. The number of ether oxygens (including phenoxy) is 2. The van der Waals surface area contributed by atoms with Gasteiger partial charge in [-0.1, -0.05) is 6.07 Å². The number of hydrogen-bond donors (Lipinski definition) is 1. The average Bonchev–Trinajstić information content (AvgIpc) is 3.53. The Morgan fingerprint density at radius 2 is 2.03 bits per heavy atom. The van der Waals surface area contributed by atoms with Gasteiger partial charge in [-0.3, -0.25) is 9.59 Å². The molecule has 0 aromatic heterocycles. The fourth-order valence-corrected chi connectivity index (χ4v) is 7.32. The standard InChI is InChI=1S/C24H32N2O4/c1-26(14-15-4-5-15)11-10-23-13-17(27)8-9-24(23,30-3)19(26)12-16-6-7-18(22(25)28)21(29-2)20(16)23/h6-7,15,19H,4-5,8-14H2,1-3H3,(H-,25,28)/p+1/t19-,23-,24-,26?/m1/s1. The highest BCUT2D eigenvalue weighted by molar-refractivity contribution is 5.97. The van der Waals surface area contributed by atoms with Gasteiger partial charge in [0, 0.05) is 49.7 Å². The quantitative estimate of drug-likeness (QED) is 0.752. The van der Waals surface area contributed by atoms with Gasteiger partial charge in [-0.15, -0.1) is 0 Å². The Labute approximate surface area is 178 Å².